The highest BCUT2D eigenvalue weighted by Crippen LogP contribution is 2.13. The monoisotopic (exact) mass is 349 g/mol. The lowest BCUT2D eigenvalue weighted by atomic mass is 10.1. The molecule has 0 atom stereocenters. The lowest BCUT2D eigenvalue weighted by Crippen LogP contribution is -2.52. The lowest BCUT2D eigenvalue weighted by molar-refractivity contribution is 0.0231. The van der Waals surface area contributed by atoms with Crippen molar-refractivity contribution in [1.29, 1.82) is 0 Å². The highest BCUT2D eigenvalue weighted by molar-refractivity contribution is 5.92. The molecule has 1 aliphatic rings. The number of esters is 1. The highest BCUT2D eigenvalue weighted by Gasteiger charge is 2.25. The van der Waals surface area contributed by atoms with Crippen molar-refractivity contribution in [1.82, 2.24) is 9.80 Å². The topological polar surface area (TPSA) is 82.1 Å². The van der Waals surface area contributed by atoms with E-state index in [1.54, 1.807) is 49.9 Å². The summed E-state index contributed by atoms with van der Waals surface area (Å²) < 4.78 is 4.93. The maximum absolute atomic E-state index is 12.3. The minimum absolute atomic E-state index is 0.160. The summed E-state index contributed by atoms with van der Waals surface area (Å²) >= 11 is 0. The summed E-state index contributed by atoms with van der Waals surface area (Å²) in [7, 11) is 0. The van der Waals surface area contributed by atoms with E-state index >= 15 is 0 Å². The molecule has 0 unspecified atom stereocenters. The number of hydrogen-bond acceptors (Lipinski definition) is 5. The van der Waals surface area contributed by atoms with Gasteiger partial charge in [0.2, 0.25) is 0 Å². The normalized spacial score (nSPS) is 15.8. The Hall–Kier alpha value is -2.12. The summed E-state index contributed by atoms with van der Waals surface area (Å²) in [6.07, 6.45) is 0. The van der Waals surface area contributed by atoms with Gasteiger partial charge in [-0.25, -0.2) is 9.59 Å². The van der Waals surface area contributed by atoms with Gasteiger partial charge >= 0.3 is 12.0 Å². The highest BCUT2D eigenvalue weighted by atomic mass is 16.5. The van der Waals surface area contributed by atoms with Gasteiger partial charge in [0.1, 0.15) is 0 Å². The third-order valence-electron chi connectivity index (χ3n) is 3.92. The largest absolute Gasteiger partial charge is 0.462 e. The van der Waals surface area contributed by atoms with Crippen molar-refractivity contribution in [3.05, 3.63) is 29.8 Å². The fourth-order valence-corrected chi connectivity index (χ4v) is 2.76. The molecule has 2 rings (SSSR count). The number of hydrogen-bond donors (Lipinski definition) is 2. The first-order valence-corrected chi connectivity index (χ1v) is 8.56. The van der Waals surface area contributed by atoms with Crippen molar-refractivity contribution >= 4 is 17.7 Å². The lowest BCUT2D eigenvalue weighted by Gasteiger charge is -2.37. The van der Waals surface area contributed by atoms with E-state index in [1.165, 1.54) is 0 Å². The fourth-order valence-electron chi connectivity index (χ4n) is 2.76. The summed E-state index contributed by atoms with van der Waals surface area (Å²) in [4.78, 5) is 27.9. The summed E-state index contributed by atoms with van der Waals surface area (Å²) in [5.41, 5.74) is 0.363. The van der Waals surface area contributed by atoms with E-state index in [2.05, 4.69) is 10.2 Å². The first kappa shape index (κ1) is 19.2. The zero-order chi connectivity index (χ0) is 18.4. The Balaban J connectivity index is 1.83. The number of carbonyl (C=O) groups excluding carboxylic acids is 2. The third-order valence-corrected chi connectivity index (χ3v) is 3.92. The van der Waals surface area contributed by atoms with Gasteiger partial charge in [0.15, 0.2) is 0 Å². The van der Waals surface area contributed by atoms with Crippen LogP contribution in [0.3, 0.4) is 0 Å². The molecule has 1 aromatic rings. The molecule has 1 aliphatic heterocycles. The van der Waals surface area contributed by atoms with Gasteiger partial charge in [0, 0.05) is 38.4 Å². The van der Waals surface area contributed by atoms with Gasteiger partial charge in [-0.05, 0) is 45.0 Å². The number of benzene rings is 1. The minimum atomic E-state index is -0.731. The molecule has 2 N–H and O–H groups in total. The number of rotatable bonds is 5. The van der Waals surface area contributed by atoms with E-state index < -0.39 is 5.60 Å². The molecule has 1 aromatic carbocycles. The Morgan fingerprint density at radius 1 is 1.16 bits per heavy atom. The number of piperazine rings is 1. The molecular formula is C18H27N3O4. The molecule has 1 heterocycles. The van der Waals surface area contributed by atoms with E-state index in [0.717, 1.165) is 13.1 Å². The minimum Gasteiger partial charge on any atom is -0.462 e. The molecule has 0 saturated carbocycles. The average Bonchev–Trinajstić information content (AvgIpc) is 2.55. The number of carbonyl (C=O) groups is 2. The summed E-state index contributed by atoms with van der Waals surface area (Å²) in [6.45, 7) is 8.95. The summed E-state index contributed by atoms with van der Waals surface area (Å²) in [6, 6.07) is 6.49. The van der Waals surface area contributed by atoms with Crippen LogP contribution in [0.2, 0.25) is 0 Å². The third kappa shape index (κ3) is 6.03. The zero-order valence-electron chi connectivity index (χ0n) is 15.1. The van der Waals surface area contributed by atoms with Crippen LogP contribution in [0.5, 0.6) is 0 Å². The smallest absolute Gasteiger partial charge is 0.338 e. The maximum Gasteiger partial charge on any atom is 0.338 e. The van der Waals surface area contributed by atoms with Crippen LogP contribution in [0.1, 0.15) is 31.1 Å². The Morgan fingerprint density at radius 3 is 2.28 bits per heavy atom. The predicted molar refractivity (Wildman–Crippen MR) is 95.7 cm³/mol. The number of ether oxygens (including phenoxy) is 1. The van der Waals surface area contributed by atoms with Crippen LogP contribution in [0, 0.1) is 0 Å². The van der Waals surface area contributed by atoms with Crippen LogP contribution in [-0.4, -0.2) is 71.8 Å². The van der Waals surface area contributed by atoms with Crippen molar-refractivity contribution in [2.45, 2.75) is 26.4 Å². The number of aliphatic hydroxyl groups is 1. The van der Waals surface area contributed by atoms with Gasteiger partial charge in [-0.2, -0.15) is 0 Å². The molecule has 7 nitrogen and oxygen atoms in total. The molecule has 7 heteroatoms. The molecule has 0 aliphatic carbocycles. The average molecular weight is 349 g/mol. The van der Waals surface area contributed by atoms with E-state index in [1.807, 2.05) is 0 Å². The standard InChI is InChI=1S/C18H27N3O4/c1-4-25-16(22)14-5-7-15(8-6-14)19-17(23)21-11-9-20(10-12-21)13-18(2,3)24/h5-8,24H,4,9-13H2,1-3H3,(H,19,23). The van der Waals surface area contributed by atoms with Crippen molar-refractivity contribution in [3.63, 3.8) is 0 Å². The van der Waals surface area contributed by atoms with E-state index in [0.29, 0.717) is 37.5 Å². The first-order chi connectivity index (χ1) is 11.8. The summed E-state index contributed by atoms with van der Waals surface area (Å²) in [5.74, 6) is -0.372. The molecule has 138 valence electrons. The Morgan fingerprint density at radius 2 is 1.76 bits per heavy atom. The number of nitrogens with one attached hydrogen (secondary N) is 1. The molecule has 25 heavy (non-hydrogen) atoms. The van der Waals surface area contributed by atoms with Gasteiger partial charge in [0.25, 0.3) is 0 Å². The number of anilines is 1. The second-order valence-electron chi connectivity index (χ2n) is 6.80. The van der Waals surface area contributed by atoms with E-state index in [4.69, 9.17) is 4.74 Å². The van der Waals surface area contributed by atoms with Gasteiger partial charge in [0.05, 0.1) is 17.8 Å². The van der Waals surface area contributed by atoms with Gasteiger partial charge < -0.3 is 20.1 Å². The number of urea groups is 1. The van der Waals surface area contributed by atoms with Crippen molar-refractivity contribution < 1.29 is 19.4 Å². The van der Waals surface area contributed by atoms with Gasteiger partial charge in [-0.1, -0.05) is 0 Å². The van der Waals surface area contributed by atoms with E-state index in [-0.39, 0.29) is 12.0 Å². The SMILES string of the molecule is CCOC(=O)c1ccc(NC(=O)N2CCN(CC(C)(C)O)CC2)cc1. The summed E-state index contributed by atoms with van der Waals surface area (Å²) in [5, 5.41) is 12.7. The second-order valence-corrected chi connectivity index (χ2v) is 6.80. The first-order valence-electron chi connectivity index (χ1n) is 8.56. The Bertz CT molecular complexity index is 587. The molecule has 1 fully saturated rings. The molecule has 2 amide bonds. The van der Waals surface area contributed by atoms with Gasteiger partial charge in [-0.15, -0.1) is 0 Å². The van der Waals surface area contributed by atoms with Crippen molar-refractivity contribution in [2.75, 3.05) is 44.6 Å². The van der Waals surface area contributed by atoms with Gasteiger partial charge in [-0.3, -0.25) is 4.90 Å². The zero-order valence-corrected chi connectivity index (χ0v) is 15.1. The molecular weight excluding hydrogens is 322 g/mol. The van der Waals surface area contributed by atoms with Crippen LogP contribution in [0.15, 0.2) is 24.3 Å². The van der Waals surface area contributed by atoms with Crippen LogP contribution < -0.4 is 5.32 Å². The number of nitrogens with zero attached hydrogens (tertiary/aromatic N) is 2. The molecule has 0 aromatic heterocycles. The number of β-amino-alcohol motifs (C(OH)–C–C–N with tert-alkyl or cyclic N) is 1. The second kappa shape index (κ2) is 8.31. The van der Waals surface area contributed by atoms with Crippen LogP contribution in [0.25, 0.3) is 0 Å². The van der Waals surface area contributed by atoms with Crippen molar-refractivity contribution in [3.8, 4) is 0 Å². The van der Waals surface area contributed by atoms with Crippen LogP contribution in [0.4, 0.5) is 10.5 Å². The van der Waals surface area contributed by atoms with Crippen LogP contribution >= 0.6 is 0 Å². The predicted octanol–water partition coefficient (Wildman–Crippen LogP) is 1.78. The number of amides is 2. The quantitative estimate of drug-likeness (QED) is 0.792. The Kier molecular flexibility index (Phi) is 6.39. The maximum atomic E-state index is 12.3. The van der Waals surface area contributed by atoms with Crippen molar-refractivity contribution in [2.24, 2.45) is 0 Å². The molecule has 0 radical (unpaired) electrons. The van der Waals surface area contributed by atoms with E-state index in [9.17, 15) is 14.7 Å². The van der Waals surface area contributed by atoms with Crippen LogP contribution in [-0.2, 0) is 4.74 Å². The fraction of sp³-hybridized carbons (Fsp3) is 0.556. The Labute approximate surface area is 148 Å². The molecule has 0 bridgehead atoms. The molecule has 0 spiro atoms. The molecule has 1 saturated heterocycles.